The molecule has 7 nitrogen and oxygen atoms in total. The second kappa shape index (κ2) is 5.68. The maximum atomic E-state index is 11.2. The predicted octanol–water partition coefficient (Wildman–Crippen LogP) is 2.69. The van der Waals surface area contributed by atoms with Crippen LogP contribution < -0.4 is 5.32 Å². The highest BCUT2D eigenvalue weighted by Gasteiger charge is 2.26. The van der Waals surface area contributed by atoms with Crippen LogP contribution in [0.3, 0.4) is 0 Å². The van der Waals surface area contributed by atoms with Crippen molar-refractivity contribution in [1.82, 2.24) is 14.8 Å². The van der Waals surface area contributed by atoms with Crippen molar-refractivity contribution in [3.63, 3.8) is 0 Å². The van der Waals surface area contributed by atoms with Gasteiger partial charge in [-0.25, -0.2) is 4.68 Å². The van der Waals surface area contributed by atoms with Crippen LogP contribution in [0.15, 0.2) is 24.4 Å². The third-order valence-corrected chi connectivity index (χ3v) is 2.89. The lowest BCUT2D eigenvalue weighted by atomic mass is 10.3. The molecule has 0 saturated heterocycles. The van der Waals surface area contributed by atoms with E-state index in [1.165, 1.54) is 0 Å². The summed E-state index contributed by atoms with van der Waals surface area (Å²) in [7, 11) is 0. The minimum atomic E-state index is -0.401. The molecule has 0 amide bonds. The van der Waals surface area contributed by atoms with Crippen molar-refractivity contribution < 1.29 is 4.92 Å². The van der Waals surface area contributed by atoms with Gasteiger partial charge in [0.1, 0.15) is 5.69 Å². The summed E-state index contributed by atoms with van der Waals surface area (Å²) in [5, 5.41) is 18.5. The molecule has 20 heavy (non-hydrogen) atoms. The lowest BCUT2D eigenvalue weighted by Gasteiger charge is -2.11. The quantitative estimate of drug-likeness (QED) is 0.669. The first-order chi connectivity index (χ1) is 9.50. The van der Waals surface area contributed by atoms with Crippen molar-refractivity contribution in [2.75, 3.05) is 5.32 Å². The summed E-state index contributed by atoms with van der Waals surface area (Å²) in [5.41, 5.74) is 1.25. The summed E-state index contributed by atoms with van der Waals surface area (Å²) in [6.07, 6.45) is 1.69. The van der Waals surface area contributed by atoms with Crippen LogP contribution in [0.5, 0.6) is 0 Å². The van der Waals surface area contributed by atoms with Crippen molar-refractivity contribution >= 4 is 11.5 Å². The largest absolute Gasteiger partial charge is 0.359 e. The molecule has 2 rings (SSSR count). The number of nitro groups is 1. The average molecular weight is 275 g/mol. The van der Waals surface area contributed by atoms with Gasteiger partial charge >= 0.3 is 5.69 Å². The number of nitrogens with zero attached hydrogens (tertiary/aromatic N) is 4. The van der Waals surface area contributed by atoms with Crippen LogP contribution >= 0.6 is 0 Å². The fourth-order valence-corrected chi connectivity index (χ4v) is 1.97. The van der Waals surface area contributed by atoms with Gasteiger partial charge in [0, 0.05) is 12.2 Å². The molecule has 0 fully saturated rings. The normalized spacial score (nSPS) is 10.8. The van der Waals surface area contributed by atoms with E-state index < -0.39 is 4.92 Å². The summed E-state index contributed by atoms with van der Waals surface area (Å²) in [6.45, 7) is 5.92. The Morgan fingerprint density at radius 2 is 2.20 bits per heavy atom. The number of hydrogen-bond donors (Lipinski definition) is 1. The summed E-state index contributed by atoms with van der Waals surface area (Å²) in [5.74, 6) is 0.424. The summed E-state index contributed by atoms with van der Waals surface area (Å²) >= 11 is 0. The maximum absolute atomic E-state index is 11.2. The Morgan fingerprint density at radius 1 is 1.45 bits per heavy atom. The number of hydrogen-bond acceptors (Lipinski definition) is 5. The molecule has 2 heterocycles. The van der Waals surface area contributed by atoms with Crippen LogP contribution in [-0.4, -0.2) is 19.7 Å². The molecule has 0 atom stereocenters. The van der Waals surface area contributed by atoms with Gasteiger partial charge in [0.15, 0.2) is 0 Å². The molecular formula is C13H17N5O2. The molecule has 0 aliphatic rings. The molecule has 106 valence electrons. The minimum Gasteiger partial charge on any atom is -0.359 e. The lowest BCUT2D eigenvalue weighted by Crippen LogP contribution is -2.11. The monoisotopic (exact) mass is 275 g/mol. The SMILES string of the molecule is Cc1nn(C(C)C)c(NCc2ccccn2)c1[N+](=O)[O-]. The van der Waals surface area contributed by atoms with Crippen molar-refractivity contribution in [2.24, 2.45) is 0 Å². The van der Waals surface area contributed by atoms with Crippen LogP contribution in [-0.2, 0) is 6.54 Å². The van der Waals surface area contributed by atoms with Crippen LogP contribution in [0.25, 0.3) is 0 Å². The van der Waals surface area contributed by atoms with Gasteiger partial charge in [-0.3, -0.25) is 15.1 Å². The first-order valence-electron chi connectivity index (χ1n) is 6.38. The van der Waals surface area contributed by atoms with E-state index >= 15 is 0 Å². The first-order valence-corrected chi connectivity index (χ1v) is 6.38. The molecule has 2 aromatic rings. The second-order valence-electron chi connectivity index (χ2n) is 4.75. The zero-order chi connectivity index (χ0) is 14.7. The third kappa shape index (κ3) is 2.76. The Balaban J connectivity index is 2.31. The molecular weight excluding hydrogens is 258 g/mol. The average Bonchev–Trinajstić information content (AvgIpc) is 2.74. The summed E-state index contributed by atoms with van der Waals surface area (Å²) < 4.78 is 1.64. The number of aromatic nitrogens is 3. The van der Waals surface area contributed by atoms with Gasteiger partial charge in [0.2, 0.25) is 5.82 Å². The fraction of sp³-hybridized carbons (Fsp3) is 0.385. The Labute approximate surface area is 116 Å². The Kier molecular flexibility index (Phi) is 3.97. The van der Waals surface area contributed by atoms with Crippen molar-refractivity contribution in [3.8, 4) is 0 Å². The topological polar surface area (TPSA) is 85.9 Å². The molecule has 0 radical (unpaired) electrons. The highest BCUT2D eigenvalue weighted by molar-refractivity contribution is 5.59. The maximum Gasteiger partial charge on any atom is 0.333 e. The molecule has 0 aliphatic heterocycles. The third-order valence-electron chi connectivity index (χ3n) is 2.89. The van der Waals surface area contributed by atoms with E-state index in [-0.39, 0.29) is 11.7 Å². The standard InChI is InChI=1S/C13H17N5O2/c1-9(2)17-13(12(18(19)20)10(3)16-17)15-8-11-6-4-5-7-14-11/h4-7,9,15H,8H2,1-3H3. The highest BCUT2D eigenvalue weighted by atomic mass is 16.6. The van der Waals surface area contributed by atoms with Crippen molar-refractivity contribution in [1.29, 1.82) is 0 Å². The van der Waals surface area contributed by atoms with E-state index in [2.05, 4.69) is 15.4 Å². The van der Waals surface area contributed by atoms with Crippen LogP contribution in [0.2, 0.25) is 0 Å². The van der Waals surface area contributed by atoms with Crippen LogP contribution in [0.1, 0.15) is 31.3 Å². The second-order valence-corrected chi connectivity index (χ2v) is 4.75. The van der Waals surface area contributed by atoms with Gasteiger partial charge < -0.3 is 5.32 Å². The number of aryl methyl sites for hydroxylation is 1. The molecule has 7 heteroatoms. The van der Waals surface area contributed by atoms with E-state index in [1.807, 2.05) is 32.0 Å². The Hall–Kier alpha value is -2.44. The van der Waals surface area contributed by atoms with Gasteiger partial charge in [-0.05, 0) is 32.9 Å². The number of rotatable bonds is 5. The van der Waals surface area contributed by atoms with Crippen molar-refractivity contribution in [2.45, 2.75) is 33.4 Å². The molecule has 0 bridgehead atoms. The zero-order valence-corrected chi connectivity index (χ0v) is 11.7. The molecule has 0 spiro atoms. The Morgan fingerprint density at radius 3 is 2.75 bits per heavy atom. The lowest BCUT2D eigenvalue weighted by molar-refractivity contribution is -0.384. The molecule has 2 aromatic heterocycles. The molecule has 0 unspecified atom stereocenters. The zero-order valence-electron chi connectivity index (χ0n) is 11.7. The number of pyridine rings is 1. The van der Waals surface area contributed by atoms with Crippen molar-refractivity contribution in [3.05, 3.63) is 45.9 Å². The van der Waals surface area contributed by atoms with E-state index in [0.717, 1.165) is 5.69 Å². The smallest absolute Gasteiger partial charge is 0.333 e. The molecule has 0 saturated carbocycles. The number of anilines is 1. The number of nitrogens with one attached hydrogen (secondary N) is 1. The predicted molar refractivity (Wildman–Crippen MR) is 75.6 cm³/mol. The van der Waals surface area contributed by atoms with E-state index in [9.17, 15) is 10.1 Å². The Bertz CT molecular complexity index is 607. The fourth-order valence-electron chi connectivity index (χ4n) is 1.97. The molecule has 1 N–H and O–H groups in total. The molecule has 0 aliphatic carbocycles. The minimum absolute atomic E-state index is 0.0228. The van der Waals surface area contributed by atoms with Crippen LogP contribution in [0, 0.1) is 17.0 Å². The molecule has 0 aromatic carbocycles. The van der Waals surface area contributed by atoms with E-state index in [4.69, 9.17) is 0 Å². The van der Waals surface area contributed by atoms with Gasteiger partial charge in [0.05, 0.1) is 17.2 Å². The van der Waals surface area contributed by atoms with Gasteiger partial charge in [-0.15, -0.1) is 0 Å². The van der Waals surface area contributed by atoms with Crippen LogP contribution in [0.4, 0.5) is 11.5 Å². The summed E-state index contributed by atoms with van der Waals surface area (Å²) in [4.78, 5) is 15.0. The van der Waals surface area contributed by atoms with E-state index in [1.54, 1.807) is 17.8 Å². The first kappa shape index (κ1) is 14.0. The highest BCUT2D eigenvalue weighted by Crippen LogP contribution is 2.30. The van der Waals surface area contributed by atoms with Gasteiger partial charge in [-0.1, -0.05) is 6.07 Å². The van der Waals surface area contributed by atoms with Gasteiger partial charge in [-0.2, -0.15) is 5.10 Å². The van der Waals surface area contributed by atoms with E-state index in [0.29, 0.717) is 18.1 Å². The van der Waals surface area contributed by atoms with Gasteiger partial charge in [0.25, 0.3) is 0 Å². The summed E-state index contributed by atoms with van der Waals surface area (Å²) in [6, 6.07) is 5.60.